The van der Waals surface area contributed by atoms with E-state index in [0.717, 1.165) is 36.5 Å². The highest BCUT2D eigenvalue weighted by molar-refractivity contribution is 7.98. The van der Waals surface area contributed by atoms with Gasteiger partial charge in [0, 0.05) is 30.0 Å². The van der Waals surface area contributed by atoms with Crippen LogP contribution in [0.4, 0.5) is 0 Å². The van der Waals surface area contributed by atoms with Gasteiger partial charge < -0.3 is 4.90 Å². The Kier molecular flexibility index (Phi) is 5.08. The SMILES string of the molecule is CCCN(CC1CC1)C(=O)Cc1c(C)nc2nc(SC)nn2c1C. The summed E-state index contributed by atoms with van der Waals surface area (Å²) in [6.45, 7) is 7.81. The summed E-state index contributed by atoms with van der Waals surface area (Å²) in [5, 5.41) is 5.16. The molecule has 1 aliphatic carbocycles. The fraction of sp³-hybridized carbons (Fsp3) is 0.647. The van der Waals surface area contributed by atoms with Crippen molar-refractivity contribution in [3.05, 3.63) is 17.0 Å². The molecule has 7 heteroatoms. The molecule has 1 aliphatic rings. The highest BCUT2D eigenvalue weighted by atomic mass is 32.2. The number of aryl methyl sites for hydroxylation is 2. The third kappa shape index (κ3) is 3.55. The Morgan fingerprint density at radius 3 is 2.71 bits per heavy atom. The molecule has 2 aromatic heterocycles. The molecule has 2 aromatic rings. The van der Waals surface area contributed by atoms with E-state index in [4.69, 9.17) is 0 Å². The number of fused-ring (bicyclic) bond motifs is 1. The van der Waals surface area contributed by atoms with Crippen molar-refractivity contribution >= 4 is 23.4 Å². The van der Waals surface area contributed by atoms with Gasteiger partial charge in [-0.25, -0.2) is 9.50 Å². The van der Waals surface area contributed by atoms with Crippen molar-refractivity contribution in [1.82, 2.24) is 24.5 Å². The van der Waals surface area contributed by atoms with Crippen LogP contribution < -0.4 is 0 Å². The molecule has 0 radical (unpaired) electrons. The van der Waals surface area contributed by atoms with E-state index >= 15 is 0 Å². The molecule has 0 bridgehead atoms. The Labute approximate surface area is 147 Å². The van der Waals surface area contributed by atoms with Gasteiger partial charge in [0.2, 0.25) is 11.1 Å². The van der Waals surface area contributed by atoms with Crippen LogP contribution in [-0.2, 0) is 11.2 Å². The molecule has 130 valence electrons. The number of aromatic nitrogens is 4. The van der Waals surface area contributed by atoms with E-state index in [1.54, 1.807) is 4.52 Å². The van der Waals surface area contributed by atoms with E-state index in [2.05, 4.69) is 22.0 Å². The molecule has 0 unspecified atom stereocenters. The zero-order valence-corrected chi connectivity index (χ0v) is 15.7. The number of nitrogens with zero attached hydrogens (tertiary/aromatic N) is 5. The molecule has 0 aliphatic heterocycles. The first kappa shape index (κ1) is 17.2. The second-order valence-corrected chi connectivity index (χ2v) is 7.30. The van der Waals surface area contributed by atoms with Crippen molar-refractivity contribution in [2.45, 2.75) is 51.6 Å². The third-order valence-electron chi connectivity index (χ3n) is 4.56. The average Bonchev–Trinajstić information content (AvgIpc) is 3.28. The molecule has 0 N–H and O–H groups in total. The first-order valence-electron chi connectivity index (χ1n) is 8.58. The van der Waals surface area contributed by atoms with Gasteiger partial charge in [0.15, 0.2) is 0 Å². The zero-order chi connectivity index (χ0) is 17.3. The van der Waals surface area contributed by atoms with Crippen molar-refractivity contribution < 1.29 is 4.79 Å². The number of hydrogen-bond donors (Lipinski definition) is 0. The number of amides is 1. The smallest absolute Gasteiger partial charge is 0.253 e. The van der Waals surface area contributed by atoms with Crippen molar-refractivity contribution in [2.24, 2.45) is 5.92 Å². The Bertz CT molecular complexity index is 753. The van der Waals surface area contributed by atoms with Crippen LogP contribution in [0.5, 0.6) is 0 Å². The van der Waals surface area contributed by atoms with Gasteiger partial charge in [-0.15, -0.1) is 5.10 Å². The standard InChI is InChI=1S/C17H25N5OS/c1-5-8-21(10-13-6-7-13)15(23)9-14-11(2)18-16-19-17(24-4)20-22(16)12(14)3/h13H,5-10H2,1-4H3. The molecule has 1 fully saturated rings. The Hall–Kier alpha value is -1.63. The maximum absolute atomic E-state index is 12.8. The molecular weight excluding hydrogens is 322 g/mol. The van der Waals surface area contributed by atoms with E-state index in [9.17, 15) is 4.79 Å². The van der Waals surface area contributed by atoms with Gasteiger partial charge in [-0.1, -0.05) is 18.7 Å². The number of thioether (sulfide) groups is 1. The Balaban J connectivity index is 1.86. The molecular formula is C17H25N5OS. The average molecular weight is 347 g/mol. The Morgan fingerprint density at radius 2 is 2.08 bits per heavy atom. The van der Waals surface area contributed by atoms with Crippen LogP contribution in [0.2, 0.25) is 0 Å². The predicted molar refractivity (Wildman–Crippen MR) is 95.3 cm³/mol. The molecule has 0 saturated heterocycles. The number of hydrogen-bond acceptors (Lipinski definition) is 5. The monoisotopic (exact) mass is 347 g/mol. The van der Waals surface area contributed by atoms with Crippen molar-refractivity contribution in [3.63, 3.8) is 0 Å². The van der Waals surface area contributed by atoms with Crippen LogP contribution in [0.25, 0.3) is 5.78 Å². The predicted octanol–water partition coefficient (Wildman–Crippen LogP) is 2.65. The lowest BCUT2D eigenvalue weighted by Gasteiger charge is -2.23. The van der Waals surface area contributed by atoms with E-state index in [1.807, 2.05) is 25.0 Å². The molecule has 24 heavy (non-hydrogen) atoms. The van der Waals surface area contributed by atoms with Gasteiger partial charge in [0.05, 0.1) is 6.42 Å². The fourth-order valence-electron chi connectivity index (χ4n) is 3.00. The molecule has 0 atom stereocenters. The van der Waals surface area contributed by atoms with Crippen LogP contribution in [0, 0.1) is 19.8 Å². The number of carbonyl (C=O) groups excluding carboxylic acids is 1. The summed E-state index contributed by atoms with van der Waals surface area (Å²) in [6.07, 6.45) is 5.85. The van der Waals surface area contributed by atoms with Crippen molar-refractivity contribution in [3.8, 4) is 0 Å². The van der Waals surface area contributed by atoms with Crippen LogP contribution >= 0.6 is 11.8 Å². The van der Waals surface area contributed by atoms with Gasteiger partial charge >= 0.3 is 0 Å². The molecule has 2 heterocycles. The lowest BCUT2D eigenvalue weighted by molar-refractivity contribution is -0.130. The molecule has 1 saturated carbocycles. The summed E-state index contributed by atoms with van der Waals surface area (Å²) in [5.41, 5.74) is 2.81. The summed E-state index contributed by atoms with van der Waals surface area (Å²) in [6, 6.07) is 0. The summed E-state index contributed by atoms with van der Waals surface area (Å²) in [5.74, 6) is 1.51. The zero-order valence-electron chi connectivity index (χ0n) is 14.9. The lowest BCUT2D eigenvalue weighted by atomic mass is 10.1. The summed E-state index contributed by atoms with van der Waals surface area (Å²) in [4.78, 5) is 23.8. The molecule has 0 aromatic carbocycles. The topological polar surface area (TPSA) is 63.4 Å². The minimum absolute atomic E-state index is 0.196. The quantitative estimate of drug-likeness (QED) is 0.721. The normalized spacial score (nSPS) is 14.3. The van der Waals surface area contributed by atoms with Crippen LogP contribution in [0.1, 0.15) is 43.1 Å². The minimum Gasteiger partial charge on any atom is -0.342 e. The molecule has 3 rings (SSSR count). The highest BCUT2D eigenvalue weighted by Gasteiger charge is 2.27. The van der Waals surface area contributed by atoms with Gasteiger partial charge in [-0.05, 0) is 45.3 Å². The van der Waals surface area contributed by atoms with Crippen molar-refractivity contribution in [2.75, 3.05) is 19.3 Å². The van der Waals surface area contributed by atoms with Gasteiger partial charge in [0.1, 0.15) is 0 Å². The second kappa shape index (κ2) is 7.09. The minimum atomic E-state index is 0.196. The van der Waals surface area contributed by atoms with Crippen LogP contribution in [-0.4, -0.2) is 49.7 Å². The molecule has 1 amide bonds. The van der Waals surface area contributed by atoms with Crippen LogP contribution in [0.15, 0.2) is 5.16 Å². The number of carbonyl (C=O) groups is 1. The van der Waals surface area contributed by atoms with E-state index in [0.29, 0.717) is 23.3 Å². The van der Waals surface area contributed by atoms with E-state index < -0.39 is 0 Å². The van der Waals surface area contributed by atoms with E-state index in [-0.39, 0.29) is 5.91 Å². The van der Waals surface area contributed by atoms with Gasteiger partial charge in [-0.2, -0.15) is 4.98 Å². The molecule has 0 spiro atoms. The summed E-state index contributed by atoms with van der Waals surface area (Å²) in [7, 11) is 0. The van der Waals surface area contributed by atoms with Crippen molar-refractivity contribution in [1.29, 1.82) is 0 Å². The maximum Gasteiger partial charge on any atom is 0.253 e. The fourth-order valence-corrected chi connectivity index (χ4v) is 3.33. The second-order valence-electron chi connectivity index (χ2n) is 6.53. The van der Waals surface area contributed by atoms with Gasteiger partial charge in [-0.3, -0.25) is 4.79 Å². The first-order chi connectivity index (χ1) is 11.5. The van der Waals surface area contributed by atoms with Crippen LogP contribution in [0.3, 0.4) is 0 Å². The van der Waals surface area contributed by atoms with E-state index in [1.165, 1.54) is 24.6 Å². The third-order valence-corrected chi connectivity index (χ3v) is 5.10. The lowest BCUT2D eigenvalue weighted by Crippen LogP contribution is -2.35. The highest BCUT2D eigenvalue weighted by Crippen LogP contribution is 2.30. The van der Waals surface area contributed by atoms with Gasteiger partial charge in [0.25, 0.3) is 5.78 Å². The first-order valence-corrected chi connectivity index (χ1v) is 9.80. The summed E-state index contributed by atoms with van der Waals surface area (Å²) >= 11 is 1.50. The largest absolute Gasteiger partial charge is 0.342 e. The number of rotatable bonds is 7. The molecule has 6 nitrogen and oxygen atoms in total. The maximum atomic E-state index is 12.8. The summed E-state index contributed by atoms with van der Waals surface area (Å²) < 4.78 is 1.76. The Morgan fingerprint density at radius 1 is 1.33 bits per heavy atom.